The van der Waals surface area contributed by atoms with E-state index in [0.717, 1.165) is 16.6 Å². The highest BCUT2D eigenvalue weighted by Crippen LogP contribution is 2.13. The lowest BCUT2D eigenvalue weighted by Crippen LogP contribution is -2.33. The van der Waals surface area contributed by atoms with E-state index < -0.39 is 0 Å². The first-order chi connectivity index (χ1) is 9.83. The van der Waals surface area contributed by atoms with Crippen molar-refractivity contribution in [2.45, 2.75) is 6.54 Å². The molecule has 0 radical (unpaired) electrons. The van der Waals surface area contributed by atoms with Gasteiger partial charge in [0.15, 0.2) is 0 Å². The topological polar surface area (TPSA) is 59.0 Å². The highest BCUT2D eigenvalue weighted by molar-refractivity contribution is 5.86. The van der Waals surface area contributed by atoms with Gasteiger partial charge in [-0.05, 0) is 24.3 Å². The summed E-state index contributed by atoms with van der Waals surface area (Å²) in [4.78, 5) is 16.0. The van der Waals surface area contributed by atoms with Crippen LogP contribution >= 0.6 is 0 Å². The predicted octanol–water partition coefficient (Wildman–Crippen LogP) is 2.49. The number of hydrogen-bond donors (Lipinski definition) is 2. The molecule has 0 spiro atoms. The monoisotopic (exact) mass is 266 g/mol. The number of nitrogens with one attached hydrogen (secondary N) is 2. The van der Waals surface area contributed by atoms with Crippen molar-refractivity contribution >= 4 is 16.9 Å². The third-order valence-corrected chi connectivity index (χ3v) is 2.98. The lowest BCUT2D eigenvalue weighted by atomic mass is 10.3. The van der Waals surface area contributed by atoms with Gasteiger partial charge >= 0.3 is 6.03 Å². The zero-order chi connectivity index (χ0) is 13.8. The molecule has 1 aromatic carbocycles. The van der Waals surface area contributed by atoms with Crippen LogP contribution in [0.15, 0.2) is 60.9 Å². The van der Waals surface area contributed by atoms with Crippen LogP contribution in [0.2, 0.25) is 0 Å². The molecule has 2 aromatic heterocycles. The number of fused-ring (bicyclic) bond motifs is 1. The number of aromatic nitrogens is 2. The van der Waals surface area contributed by atoms with Crippen LogP contribution in [0.1, 0.15) is 5.69 Å². The molecular weight excluding hydrogens is 252 g/mol. The van der Waals surface area contributed by atoms with E-state index >= 15 is 0 Å². The summed E-state index contributed by atoms with van der Waals surface area (Å²) in [5.41, 5.74) is 4.55. The number of benzene rings is 1. The molecule has 0 saturated heterocycles. The van der Waals surface area contributed by atoms with Crippen LogP contribution in [0.5, 0.6) is 0 Å². The van der Waals surface area contributed by atoms with Crippen molar-refractivity contribution in [3.63, 3.8) is 0 Å². The van der Waals surface area contributed by atoms with E-state index in [9.17, 15) is 4.79 Å². The summed E-state index contributed by atoms with van der Waals surface area (Å²) in [5.74, 6) is 0. The Balaban J connectivity index is 1.64. The van der Waals surface area contributed by atoms with Crippen molar-refractivity contribution in [2.24, 2.45) is 0 Å². The molecule has 0 atom stereocenters. The Labute approximate surface area is 116 Å². The number of pyridine rings is 1. The highest BCUT2D eigenvalue weighted by Gasteiger charge is 2.04. The molecule has 0 bridgehead atoms. The van der Waals surface area contributed by atoms with E-state index in [4.69, 9.17) is 0 Å². The quantitative estimate of drug-likeness (QED) is 0.765. The zero-order valence-corrected chi connectivity index (χ0v) is 10.8. The van der Waals surface area contributed by atoms with Crippen LogP contribution in [0.25, 0.3) is 10.9 Å². The summed E-state index contributed by atoms with van der Waals surface area (Å²) in [7, 11) is 0. The highest BCUT2D eigenvalue weighted by atomic mass is 16.2. The largest absolute Gasteiger partial charge is 0.334 e. The van der Waals surface area contributed by atoms with Gasteiger partial charge in [-0.25, -0.2) is 10.2 Å². The molecule has 20 heavy (non-hydrogen) atoms. The van der Waals surface area contributed by atoms with E-state index in [-0.39, 0.29) is 6.03 Å². The minimum absolute atomic E-state index is 0.267. The van der Waals surface area contributed by atoms with Gasteiger partial charge in [-0.1, -0.05) is 24.3 Å². The second-order valence-corrected chi connectivity index (χ2v) is 4.36. The molecule has 5 heteroatoms. The van der Waals surface area contributed by atoms with Gasteiger partial charge in [-0.15, -0.1) is 0 Å². The van der Waals surface area contributed by atoms with Crippen molar-refractivity contribution < 1.29 is 4.79 Å². The Hall–Kier alpha value is -2.82. The van der Waals surface area contributed by atoms with Gasteiger partial charge in [0.05, 0.1) is 17.8 Å². The molecule has 100 valence electrons. The van der Waals surface area contributed by atoms with Gasteiger partial charge in [0.25, 0.3) is 0 Å². The minimum Gasteiger partial charge on any atom is -0.331 e. The van der Waals surface area contributed by atoms with Crippen LogP contribution in [-0.4, -0.2) is 15.7 Å². The number of carbonyl (C=O) groups is 1. The number of rotatable bonds is 3. The van der Waals surface area contributed by atoms with Crippen LogP contribution in [0, 0.1) is 0 Å². The van der Waals surface area contributed by atoms with Crippen LogP contribution in [-0.2, 0) is 6.54 Å². The summed E-state index contributed by atoms with van der Waals surface area (Å²) in [6.45, 7) is 0.395. The average molecular weight is 266 g/mol. The summed E-state index contributed by atoms with van der Waals surface area (Å²) < 4.78 is 1.70. The second-order valence-electron chi connectivity index (χ2n) is 4.36. The maximum Gasteiger partial charge on any atom is 0.334 e. The standard InChI is InChI=1S/C15H14N4O/c20-15(17-11-13-6-3-4-9-16-13)18-19-10-8-12-5-1-2-7-14(12)19/h1-10H,11H2,(H2,17,18,20). The number of urea groups is 1. The number of hydrogen-bond acceptors (Lipinski definition) is 2. The fourth-order valence-electron chi connectivity index (χ4n) is 2.00. The number of nitrogens with zero attached hydrogens (tertiary/aromatic N) is 2. The second kappa shape index (κ2) is 5.44. The third-order valence-electron chi connectivity index (χ3n) is 2.98. The van der Waals surface area contributed by atoms with Crippen LogP contribution in [0.4, 0.5) is 4.79 Å². The predicted molar refractivity (Wildman–Crippen MR) is 77.8 cm³/mol. The molecule has 3 aromatic rings. The molecule has 0 aliphatic heterocycles. The van der Waals surface area contributed by atoms with Gasteiger partial charge in [-0.2, -0.15) is 0 Å². The fraction of sp³-hybridized carbons (Fsp3) is 0.0667. The van der Waals surface area contributed by atoms with E-state index in [1.165, 1.54) is 0 Å². The fourth-order valence-corrected chi connectivity index (χ4v) is 2.00. The van der Waals surface area contributed by atoms with Gasteiger partial charge < -0.3 is 5.32 Å². The number of para-hydroxylation sites is 1. The summed E-state index contributed by atoms with van der Waals surface area (Å²) in [5, 5.41) is 3.85. The Bertz CT molecular complexity index is 721. The Kier molecular flexibility index (Phi) is 3.33. The van der Waals surface area contributed by atoms with Crippen molar-refractivity contribution in [3.05, 3.63) is 66.6 Å². The number of carbonyl (C=O) groups excluding carboxylic acids is 1. The van der Waals surface area contributed by atoms with Crippen molar-refractivity contribution in [1.82, 2.24) is 15.0 Å². The van der Waals surface area contributed by atoms with Gasteiger partial charge in [0.1, 0.15) is 0 Å². The Morgan fingerprint density at radius 2 is 1.95 bits per heavy atom. The lowest BCUT2D eigenvalue weighted by Gasteiger charge is -2.09. The van der Waals surface area contributed by atoms with Crippen molar-refractivity contribution in [2.75, 3.05) is 5.43 Å². The van der Waals surface area contributed by atoms with E-state index in [0.29, 0.717) is 6.54 Å². The van der Waals surface area contributed by atoms with Gasteiger partial charge in [-0.3, -0.25) is 9.66 Å². The average Bonchev–Trinajstić information content (AvgIpc) is 2.90. The Morgan fingerprint density at radius 3 is 2.80 bits per heavy atom. The van der Waals surface area contributed by atoms with E-state index in [1.54, 1.807) is 10.9 Å². The Morgan fingerprint density at radius 1 is 1.10 bits per heavy atom. The maximum atomic E-state index is 11.9. The van der Waals surface area contributed by atoms with Crippen LogP contribution < -0.4 is 10.7 Å². The molecule has 0 unspecified atom stereocenters. The van der Waals surface area contributed by atoms with E-state index in [2.05, 4.69) is 15.7 Å². The summed E-state index contributed by atoms with van der Waals surface area (Å²) in [6, 6.07) is 15.1. The van der Waals surface area contributed by atoms with E-state index in [1.807, 2.05) is 54.7 Å². The first kappa shape index (κ1) is 12.2. The smallest absolute Gasteiger partial charge is 0.331 e. The van der Waals surface area contributed by atoms with Crippen molar-refractivity contribution in [1.29, 1.82) is 0 Å². The molecule has 2 N–H and O–H groups in total. The molecule has 2 heterocycles. The maximum absolute atomic E-state index is 11.9. The normalized spacial score (nSPS) is 10.4. The lowest BCUT2D eigenvalue weighted by molar-refractivity contribution is 0.249. The number of amides is 2. The van der Waals surface area contributed by atoms with Gasteiger partial charge in [0, 0.05) is 17.8 Å². The third kappa shape index (κ3) is 2.61. The molecule has 3 rings (SSSR count). The summed E-state index contributed by atoms with van der Waals surface area (Å²) in [6.07, 6.45) is 3.53. The summed E-state index contributed by atoms with van der Waals surface area (Å²) >= 11 is 0. The SMILES string of the molecule is O=C(NCc1ccccn1)Nn1ccc2ccccc21. The molecule has 0 saturated carbocycles. The first-order valence-electron chi connectivity index (χ1n) is 6.34. The zero-order valence-electron chi connectivity index (χ0n) is 10.8. The molecule has 0 aliphatic rings. The minimum atomic E-state index is -0.267. The molecule has 0 aliphatic carbocycles. The molecule has 0 fully saturated rings. The molecule has 5 nitrogen and oxygen atoms in total. The molecule has 2 amide bonds. The van der Waals surface area contributed by atoms with Gasteiger partial charge in [0.2, 0.25) is 0 Å². The first-order valence-corrected chi connectivity index (χ1v) is 6.34. The van der Waals surface area contributed by atoms with Crippen molar-refractivity contribution in [3.8, 4) is 0 Å². The van der Waals surface area contributed by atoms with Crippen LogP contribution in [0.3, 0.4) is 0 Å². The molecular formula is C15H14N4O.